The van der Waals surface area contributed by atoms with Gasteiger partial charge in [-0.05, 0) is 235 Å². The number of aryl methyl sites for hydroxylation is 4. The largest absolute Gasteiger partial charge is 0.504 e. The van der Waals surface area contributed by atoms with Crippen molar-refractivity contribution >= 4 is 84.2 Å². The number of phenols is 2. The molecule has 1 saturated heterocycles. The summed E-state index contributed by atoms with van der Waals surface area (Å²) in [6, 6.07) is 91.8. The van der Waals surface area contributed by atoms with Gasteiger partial charge in [0.2, 0.25) is 10.0 Å². The minimum atomic E-state index is -3.72. The van der Waals surface area contributed by atoms with Crippen LogP contribution in [0.15, 0.2) is 314 Å². The van der Waals surface area contributed by atoms with Crippen LogP contribution in [0, 0.1) is 26.6 Å². The molecule has 0 radical (unpaired) electrons. The number of pyridine rings is 2. The summed E-state index contributed by atoms with van der Waals surface area (Å²) in [6.45, 7) is 16.2. The van der Waals surface area contributed by atoms with Crippen LogP contribution in [-0.2, 0) is 79.3 Å². The van der Waals surface area contributed by atoms with Gasteiger partial charge in [0.1, 0.15) is 18.9 Å². The Morgan fingerprint density at radius 1 is 0.585 bits per heavy atom. The lowest BCUT2D eigenvalue weighted by molar-refractivity contribution is -0.908. The molecule has 0 spiro atoms. The minimum absolute atomic E-state index is 0.0639. The number of benzene rings is 12. The number of nitrogens with zero attached hydrogens (tertiary/aromatic N) is 4. The number of halogens is 2. The third-order valence-corrected chi connectivity index (χ3v) is 24.6. The first kappa shape index (κ1) is 93.8. The number of phenolic OH excluding ortho intramolecular Hbond substituents is 2. The van der Waals surface area contributed by atoms with Crippen molar-refractivity contribution in [1.82, 2.24) is 24.5 Å². The van der Waals surface area contributed by atoms with Gasteiger partial charge in [-0.15, -0.1) is 0 Å². The molecule has 1 fully saturated rings. The number of hydrogen-bond acceptors (Lipinski definition) is 14. The highest BCUT2D eigenvalue weighted by atomic mass is 35.5. The maximum absolute atomic E-state index is 13.8. The van der Waals surface area contributed by atoms with Crippen LogP contribution in [0.1, 0.15) is 126 Å². The Hall–Kier alpha value is -13.8. The molecule has 5 N–H and O–H groups in total. The second-order valence-electron chi connectivity index (χ2n) is 32.2. The van der Waals surface area contributed by atoms with Crippen LogP contribution in [0.4, 0.5) is 10.1 Å². The summed E-state index contributed by atoms with van der Waals surface area (Å²) < 4.78 is 57.6. The summed E-state index contributed by atoms with van der Waals surface area (Å²) >= 11 is 6.09. The number of para-hydroxylation sites is 1. The third-order valence-electron chi connectivity index (χ3n) is 22.5. The van der Waals surface area contributed by atoms with Gasteiger partial charge in [-0.3, -0.25) is 24.2 Å². The molecule has 130 heavy (non-hydrogen) atoms. The Morgan fingerprint density at radius 3 is 2.00 bits per heavy atom. The Balaban J connectivity index is 0.000000149. The molecule has 664 valence electrons. The number of ether oxygens (including phenoxy) is 3. The number of aromatic nitrogens is 2. The molecular weight excluding hydrogens is 1670 g/mol. The zero-order valence-electron chi connectivity index (χ0n) is 73.5. The number of morpholine rings is 1. The lowest BCUT2D eigenvalue weighted by Crippen LogP contribution is -3.14. The fourth-order valence-corrected chi connectivity index (χ4v) is 17.2. The average Bonchev–Trinajstić information content (AvgIpc) is 1.13. The number of carbonyl (C=O) groups is 5. The molecule has 12 aromatic carbocycles. The molecule has 3 heterocycles. The standard InChI is InChI=1S/C33H34FN3O2.C28H22N2O3.C25H27NO4S.C22H22ClNO3/c34-31-14-12-28(13-15-31)29-9-4-10-30(23-29)33(38)37(25-32-11-1-2-16-35-32)24-27-7-3-6-26(22-27)8-5-17-36-18-20-39-21-19-36;31-26-13-12-18(16-27(26)32)14-15-29-28(33)23-17-25(30-24-11-4-3-9-22(23)24)21-10-5-7-19-6-1-2-8-20(19)21;1-4-30-25(27)23-14-12-22(13-15-23)18-26(17-21-10-8-19(2)9-11-21)31(28,29)24-7-5-6-20(3)16-24;1-14-7-11-19(23)20(13-14)24-22(26)15(2)27-21(25)12-10-17-9-8-16-5-3-4-6-18(16)17/h1-4,6-7,9-16,22-23H,5,8,17-21,24-25H2;1-13,16-17,31-32H,14-15H2,(H,29,33);5-16H,4,17-18H2,1-3H3;3-7,9,11,13,15H,8,10,12H2,1-2H3,(H,24,26)/p+1/t;;;15-/m...0/s1. The van der Waals surface area contributed by atoms with E-state index in [-0.39, 0.29) is 53.5 Å². The van der Waals surface area contributed by atoms with Crippen molar-refractivity contribution in [2.75, 3.05) is 51.3 Å². The van der Waals surface area contributed by atoms with E-state index in [0.717, 1.165) is 146 Å². The Labute approximate surface area is 763 Å². The number of anilines is 1. The third kappa shape index (κ3) is 26.2. The second-order valence-corrected chi connectivity index (χ2v) is 34.6. The molecule has 19 nitrogen and oxygen atoms in total. The number of allylic oxidation sites excluding steroid dienone is 2. The van der Waals surface area contributed by atoms with Gasteiger partial charge in [-0.2, -0.15) is 4.31 Å². The number of rotatable bonds is 29. The number of nitrogens with one attached hydrogen (secondary N) is 3. The molecule has 1 aliphatic heterocycles. The molecular formula is C108H106ClFN7O12S+. The van der Waals surface area contributed by atoms with Crippen LogP contribution in [0.5, 0.6) is 11.5 Å². The number of aromatic hydroxyl groups is 2. The number of hydrogen-bond donors (Lipinski definition) is 5. The van der Waals surface area contributed by atoms with Crippen molar-refractivity contribution in [3.05, 3.63) is 398 Å². The van der Waals surface area contributed by atoms with Crippen molar-refractivity contribution in [3.63, 3.8) is 0 Å². The Kier molecular flexibility index (Phi) is 33.0. The van der Waals surface area contributed by atoms with Gasteiger partial charge >= 0.3 is 11.9 Å². The second kappa shape index (κ2) is 45.8. The summed E-state index contributed by atoms with van der Waals surface area (Å²) in [7, 11) is -3.72. The smallest absolute Gasteiger partial charge is 0.338 e. The number of quaternary nitrogens is 1. The number of sulfonamides is 1. The predicted octanol–water partition coefficient (Wildman–Crippen LogP) is 19.8. The van der Waals surface area contributed by atoms with Gasteiger partial charge in [-0.25, -0.2) is 22.6 Å². The normalized spacial score (nSPS) is 12.5. The molecule has 22 heteroatoms. The first-order chi connectivity index (χ1) is 63.0. The summed E-state index contributed by atoms with van der Waals surface area (Å²) in [5.74, 6) is -2.04. The van der Waals surface area contributed by atoms with Gasteiger partial charge in [-0.1, -0.05) is 223 Å². The molecule has 2 aliphatic rings. The summed E-state index contributed by atoms with van der Waals surface area (Å²) in [4.78, 5) is 76.4. The van der Waals surface area contributed by atoms with E-state index in [1.807, 2.05) is 171 Å². The van der Waals surface area contributed by atoms with Gasteiger partial charge in [0.05, 0.1) is 76.5 Å². The molecule has 3 amide bonds. The highest BCUT2D eigenvalue weighted by molar-refractivity contribution is 7.89. The molecule has 2 aromatic heterocycles. The summed E-state index contributed by atoms with van der Waals surface area (Å²) in [5, 5.41) is 28.3. The number of fused-ring (bicyclic) bond motifs is 3. The summed E-state index contributed by atoms with van der Waals surface area (Å²) in [6.07, 6.45) is 7.43. The number of carbonyl (C=O) groups excluding carboxylic acids is 5. The predicted molar refractivity (Wildman–Crippen MR) is 510 cm³/mol. The molecule has 14 aromatic rings. The van der Waals surface area contributed by atoms with E-state index in [0.29, 0.717) is 66.5 Å². The Bertz CT molecular complexity index is 6430. The molecule has 0 bridgehead atoms. The topological polar surface area (TPSA) is 248 Å². The zero-order valence-corrected chi connectivity index (χ0v) is 75.0. The van der Waals surface area contributed by atoms with Crippen LogP contribution in [-0.4, -0.2) is 120 Å². The monoisotopic (exact) mass is 1780 g/mol. The van der Waals surface area contributed by atoms with Crippen LogP contribution < -0.4 is 15.5 Å². The maximum atomic E-state index is 13.8. The van der Waals surface area contributed by atoms with E-state index in [1.165, 1.54) is 45.3 Å². The van der Waals surface area contributed by atoms with Gasteiger partial charge in [0, 0.05) is 61.7 Å². The first-order valence-electron chi connectivity index (χ1n) is 43.6. The average molecular weight is 1780 g/mol. The lowest BCUT2D eigenvalue weighted by Gasteiger charge is -2.24. The fraction of sp³-hybridized carbons (Fsp3) is 0.213. The van der Waals surface area contributed by atoms with Crippen molar-refractivity contribution in [2.45, 2.75) is 110 Å². The van der Waals surface area contributed by atoms with Crippen molar-refractivity contribution in [2.24, 2.45) is 0 Å². The highest BCUT2D eigenvalue weighted by Gasteiger charge is 2.28. The SMILES string of the molecule is CCOC(=O)c1ccc(CN(Cc2ccc(C)cc2)S(=O)(=O)c2cccc(C)c2)cc1.Cc1ccc(Cl)c(NC(=O)[C@H](C)OC(=O)CCC2=CCc3ccccc32)c1.O=C(NCCc1ccc(O)c(O)c1)c1cc(-c2cccc3ccccc23)nc2ccccc12.O=C(c1cccc(-c2ccc(F)cc2)c1)N(Cc1cccc(CCC[NH+]2CCOCC2)c1)Cc1ccccn1. The minimum Gasteiger partial charge on any atom is -0.504 e. The fourth-order valence-electron chi connectivity index (χ4n) is 15.5. The van der Waals surface area contributed by atoms with Crippen LogP contribution in [0.2, 0.25) is 5.02 Å². The van der Waals surface area contributed by atoms with Crippen LogP contribution in [0.3, 0.4) is 0 Å². The van der Waals surface area contributed by atoms with Crippen molar-refractivity contribution in [1.29, 1.82) is 0 Å². The highest BCUT2D eigenvalue weighted by Crippen LogP contribution is 2.35. The number of esters is 2. The van der Waals surface area contributed by atoms with E-state index in [4.69, 9.17) is 30.8 Å². The van der Waals surface area contributed by atoms with Crippen molar-refractivity contribution < 1.29 is 66.1 Å². The van der Waals surface area contributed by atoms with E-state index in [2.05, 4.69) is 76.3 Å². The van der Waals surface area contributed by atoms with E-state index < -0.39 is 34.0 Å². The van der Waals surface area contributed by atoms with Gasteiger partial charge < -0.3 is 44.9 Å². The number of amides is 3. The van der Waals surface area contributed by atoms with Crippen LogP contribution >= 0.6 is 11.6 Å². The van der Waals surface area contributed by atoms with E-state index in [1.54, 1.807) is 97.7 Å². The molecule has 0 unspecified atom stereocenters. The summed E-state index contributed by atoms with van der Waals surface area (Å²) in [5.41, 5.74) is 18.7. The van der Waals surface area contributed by atoms with Crippen molar-refractivity contribution in [3.8, 4) is 33.9 Å². The maximum Gasteiger partial charge on any atom is 0.338 e. The van der Waals surface area contributed by atoms with Gasteiger partial charge in [0.15, 0.2) is 17.6 Å². The van der Waals surface area contributed by atoms with E-state index >= 15 is 0 Å². The molecule has 0 saturated carbocycles. The van der Waals surface area contributed by atoms with Gasteiger partial charge in [0.25, 0.3) is 17.7 Å². The lowest BCUT2D eigenvalue weighted by atomic mass is 9.99. The van der Waals surface area contributed by atoms with E-state index in [9.17, 15) is 47.0 Å². The molecule has 1 atom stereocenters. The molecule has 16 rings (SSSR count). The Morgan fingerprint density at radius 2 is 1.25 bits per heavy atom. The first-order valence-corrected chi connectivity index (χ1v) is 45.4. The van der Waals surface area contributed by atoms with Crippen LogP contribution in [0.25, 0.3) is 49.6 Å². The quantitative estimate of drug-likeness (QED) is 0.0216. The zero-order chi connectivity index (χ0) is 91.5. The molecule has 1 aliphatic carbocycles.